The Hall–Kier alpha value is -0.310. The molecule has 1 heterocycles. The number of aryl methyl sites for hydroxylation is 1. The van der Waals surface area contributed by atoms with Crippen LogP contribution in [0, 0.1) is 0 Å². The first-order valence-electron chi connectivity index (χ1n) is 5.24. The van der Waals surface area contributed by atoms with Gasteiger partial charge in [-0.25, -0.2) is 0 Å². The number of rotatable bonds is 4. The highest BCUT2D eigenvalue weighted by Crippen LogP contribution is 2.28. The molecule has 0 radical (unpaired) electrons. The first-order valence-corrected chi connectivity index (χ1v) is 7.15. The van der Waals surface area contributed by atoms with Crippen LogP contribution in [0.25, 0.3) is 10.9 Å². The van der Waals surface area contributed by atoms with E-state index in [0.717, 1.165) is 34.0 Å². The fourth-order valence-corrected chi connectivity index (χ4v) is 2.88. The molecule has 86 valence electrons. The zero-order chi connectivity index (χ0) is 11.5. The Balaban J connectivity index is 2.32. The van der Waals surface area contributed by atoms with Crippen LogP contribution in [0.5, 0.6) is 0 Å². The fourth-order valence-electron chi connectivity index (χ4n) is 1.72. The summed E-state index contributed by atoms with van der Waals surface area (Å²) < 4.78 is 2.20. The van der Waals surface area contributed by atoms with Crippen molar-refractivity contribution in [3.8, 4) is 0 Å². The minimum Gasteiger partial charge on any atom is -0.347 e. The number of hydrogen-bond donors (Lipinski definition) is 0. The predicted octanol–water partition coefficient (Wildman–Crippen LogP) is 4.70. The van der Waals surface area contributed by atoms with E-state index < -0.39 is 0 Å². The van der Waals surface area contributed by atoms with Crippen LogP contribution in [0.3, 0.4) is 0 Å². The quantitative estimate of drug-likeness (QED) is 0.731. The third-order valence-corrected chi connectivity index (χ3v) is 3.89. The molecule has 0 N–H and O–H groups in total. The second-order valence-corrected chi connectivity index (χ2v) is 5.76. The van der Waals surface area contributed by atoms with Gasteiger partial charge in [0.1, 0.15) is 0 Å². The number of nitrogens with zero attached hydrogens (tertiary/aromatic N) is 1. The summed E-state index contributed by atoms with van der Waals surface area (Å²) in [5.74, 6) is 2.27. The van der Waals surface area contributed by atoms with Crippen LogP contribution in [0.2, 0.25) is 10.0 Å². The molecule has 16 heavy (non-hydrogen) atoms. The van der Waals surface area contributed by atoms with Gasteiger partial charge in [0, 0.05) is 28.9 Å². The summed E-state index contributed by atoms with van der Waals surface area (Å²) in [6, 6.07) is 5.81. The molecule has 0 aliphatic carbocycles. The molecule has 0 atom stereocenters. The van der Waals surface area contributed by atoms with Gasteiger partial charge in [0.25, 0.3) is 0 Å². The Morgan fingerprint density at radius 3 is 2.88 bits per heavy atom. The minimum absolute atomic E-state index is 0.695. The Bertz CT molecular complexity index is 493. The lowest BCUT2D eigenvalue weighted by Gasteiger charge is -2.05. The predicted molar refractivity (Wildman–Crippen MR) is 75.0 cm³/mol. The van der Waals surface area contributed by atoms with Crippen LogP contribution in [0.15, 0.2) is 24.4 Å². The lowest BCUT2D eigenvalue weighted by atomic mass is 10.2. The average Bonchev–Trinajstić information content (AvgIpc) is 2.62. The summed E-state index contributed by atoms with van der Waals surface area (Å²) in [5, 5.41) is 2.50. The van der Waals surface area contributed by atoms with Gasteiger partial charge in [0.2, 0.25) is 0 Å². The highest BCUT2D eigenvalue weighted by Gasteiger charge is 2.05. The average molecular weight is 274 g/mol. The van der Waals surface area contributed by atoms with E-state index in [-0.39, 0.29) is 0 Å². The molecular weight excluding hydrogens is 261 g/mol. The molecule has 4 heteroatoms. The van der Waals surface area contributed by atoms with Gasteiger partial charge >= 0.3 is 0 Å². The normalized spacial score (nSPS) is 11.2. The number of halogens is 2. The van der Waals surface area contributed by atoms with E-state index >= 15 is 0 Å². The molecule has 0 saturated carbocycles. The number of hydrogen-bond acceptors (Lipinski definition) is 1. The Morgan fingerprint density at radius 2 is 2.12 bits per heavy atom. The number of benzene rings is 1. The van der Waals surface area contributed by atoms with Crippen LogP contribution >= 0.6 is 35.0 Å². The summed E-state index contributed by atoms with van der Waals surface area (Å²) >= 11 is 14.1. The second kappa shape index (κ2) is 5.35. The van der Waals surface area contributed by atoms with Crippen LogP contribution in [-0.2, 0) is 6.54 Å². The summed E-state index contributed by atoms with van der Waals surface area (Å²) in [4.78, 5) is 0. The van der Waals surface area contributed by atoms with E-state index in [2.05, 4.69) is 17.7 Å². The highest BCUT2D eigenvalue weighted by molar-refractivity contribution is 7.99. The first kappa shape index (κ1) is 12.2. The molecule has 0 amide bonds. The maximum absolute atomic E-state index is 6.13. The second-order valence-electron chi connectivity index (χ2n) is 3.53. The summed E-state index contributed by atoms with van der Waals surface area (Å²) in [6.07, 6.45) is 2.07. The molecule has 2 aromatic rings. The van der Waals surface area contributed by atoms with Gasteiger partial charge in [-0.15, -0.1) is 0 Å². The highest BCUT2D eigenvalue weighted by atomic mass is 35.5. The first-order chi connectivity index (χ1) is 7.72. The third kappa shape index (κ3) is 2.50. The molecule has 1 nitrogen and oxygen atoms in total. The van der Waals surface area contributed by atoms with E-state index in [4.69, 9.17) is 23.2 Å². The largest absolute Gasteiger partial charge is 0.347 e. The van der Waals surface area contributed by atoms with Crippen molar-refractivity contribution in [2.24, 2.45) is 0 Å². The smallest absolute Gasteiger partial charge is 0.0514 e. The topological polar surface area (TPSA) is 4.93 Å². The zero-order valence-electron chi connectivity index (χ0n) is 9.04. The molecule has 1 aromatic heterocycles. The molecule has 0 unspecified atom stereocenters. The molecule has 0 aliphatic rings. The lowest BCUT2D eigenvalue weighted by molar-refractivity contribution is 0.807. The monoisotopic (exact) mass is 273 g/mol. The van der Waals surface area contributed by atoms with Gasteiger partial charge in [0.15, 0.2) is 0 Å². The number of fused-ring (bicyclic) bond motifs is 1. The van der Waals surface area contributed by atoms with Crippen LogP contribution in [-0.4, -0.2) is 16.1 Å². The molecular formula is C12H13Cl2NS. The van der Waals surface area contributed by atoms with E-state index in [9.17, 15) is 0 Å². The van der Waals surface area contributed by atoms with Crippen molar-refractivity contribution in [1.29, 1.82) is 0 Å². The van der Waals surface area contributed by atoms with Gasteiger partial charge in [-0.3, -0.25) is 0 Å². The van der Waals surface area contributed by atoms with E-state index in [0.29, 0.717) is 5.02 Å². The van der Waals surface area contributed by atoms with E-state index in [1.54, 1.807) is 6.07 Å². The van der Waals surface area contributed by atoms with Crippen LogP contribution in [0.1, 0.15) is 6.92 Å². The summed E-state index contributed by atoms with van der Waals surface area (Å²) in [5.41, 5.74) is 1.12. The molecule has 0 bridgehead atoms. The molecule has 1 aromatic carbocycles. The Morgan fingerprint density at radius 1 is 1.31 bits per heavy atom. The molecule has 0 spiro atoms. The maximum Gasteiger partial charge on any atom is 0.0514 e. The minimum atomic E-state index is 0.695. The van der Waals surface area contributed by atoms with E-state index in [1.807, 2.05) is 23.9 Å². The standard InChI is InChI=1S/C12H13Cl2NS/c1-2-16-6-5-15-4-3-10-11(14)7-9(13)8-12(10)15/h3-4,7-8H,2,5-6H2,1H3. The van der Waals surface area contributed by atoms with Crippen LogP contribution in [0.4, 0.5) is 0 Å². The third-order valence-electron chi connectivity index (χ3n) is 2.48. The summed E-state index contributed by atoms with van der Waals surface area (Å²) in [7, 11) is 0. The van der Waals surface area contributed by atoms with E-state index in [1.165, 1.54) is 0 Å². The van der Waals surface area contributed by atoms with Gasteiger partial charge in [-0.2, -0.15) is 11.8 Å². The van der Waals surface area contributed by atoms with Gasteiger partial charge in [0.05, 0.1) is 10.5 Å². The molecule has 0 aliphatic heterocycles. The van der Waals surface area contributed by atoms with Gasteiger partial charge in [-0.1, -0.05) is 30.1 Å². The fraction of sp³-hybridized carbons (Fsp3) is 0.333. The Kier molecular flexibility index (Phi) is 4.06. The number of thioether (sulfide) groups is 1. The van der Waals surface area contributed by atoms with Crippen molar-refractivity contribution >= 4 is 45.9 Å². The SMILES string of the molecule is CCSCCn1ccc2c(Cl)cc(Cl)cc21. The van der Waals surface area contributed by atoms with Crippen molar-refractivity contribution in [2.45, 2.75) is 13.5 Å². The van der Waals surface area contributed by atoms with Gasteiger partial charge < -0.3 is 4.57 Å². The lowest BCUT2D eigenvalue weighted by Crippen LogP contribution is -1.98. The molecule has 0 fully saturated rings. The maximum atomic E-state index is 6.13. The van der Waals surface area contributed by atoms with Crippen molar-refractivity contribution in [3.63, 3.8) is 0 Å². The number of aromatic nitrogens is 1. The van der Waals surface area contributed by atoms with Gasteiger partial charge in [-0.05, 0) is 24.0 Å². The molecule has 0 saturated heterocycles. The van der Waals surface area contributed by atoms with Crippen molar-refractivity contribution < 1.29 is 0 Å². The molecule has 2 rings (SSSR count). The van der Waals surface area contributed by atoms with Crippen LogP contribution < -0.4 is 0 Å². The van der Waals surface area contributed by atoms with Crippen molar-refractivity contribution in [2.75, 3.05) is 11.5 Å². The zero-order valence-corrected chi connectivity index (χ0v) is 11.4. The van der Waals surface area contributed by atoms with Crippen molar-refractivity contribution in [1.82, 2.24) is 4.57 Å². The Labute approximate surface area is 110 Å². The van der Waals surface area contributed by atoms with Crippen molar-refractivity contribution in [3.05, 3.63) is 34.4 Å². The summed E-state index contributed by atoms with van der Waals surface area (Å²) in [6.45, 7) is 3.17.